The topological polar surface area (TPSA) is 99.0 Å². The Kier molecular flexibility index (Phi) is 9.09. The zero-order valence-corrected chi connectivity index (χ0v) is 18.8. The van der Waals surface area contributed by atoms with Gasteiger partial charge in [-0.25, -0.2) is 0 Å². The highest BCUT2D eigenvalue weighted by Crippen LogP contribution is 2.25. The molecule has 0 heterocycles. The van der Waals surface area contributed by atoms with Gasteiger partial charge >= 0.3 is 5.97 Å². The maximum Gasteiger partial charge on any atom is 0.305 e. The summed E-state index contributed by atoms with van der Waals surface area (Å²) in [6.07, 6.45) is 5.51. The molecular formula is C26H35NO5. The van der Waals surface area contributed by atoms with Crippen molar-refractivity contribution >= 4 is 5.97 Å². The average Bonchev–Trinajstić information content (AvgIpc) is 2.80. The Labute approximate surface area is 190 Å². The van der Waals surface area contributed by atoms with E-state index in [0.29, 0.717) is 36.7 Å². The van der Waals surface area contributed by atoms with Crippen LogP contribution in [0.2, 0.25) is 0 Å². The Balaban J connectivity index is 1.49. The van der Waals surface area contributed by atoms with Crippen molar-refractivity contribution in [2.75, 3.05) is 13.2 Å². The Bertz CT molecular complexity index is 898. The molecule has 4 N–H and O–H groups in total. The third kappa shape index (κ3) is 6.79. The summed E-state index contributed by atoms with van der Waals surface area (Å²) in [6.45, 7) is 2.43. The van der Waals surface area contributed by atoms with E-state index in [1.807, 2.05) is 6.92 Å². The van der Waals surface area contributed by atoms with Gasteiger partial charge in [-0.05, 0) is 79.8 Å². The van der Waals surface area contributed by atoms with E-state index in [1.54, 1.807) is 12.1 Å². The van der Waals surface area contributed by atoms with E-state index in [2.05, 4.69) is 23.5 Å². The Morgan fingerprint density at radius 3 is 2.81 bits per heavy atom. The average molecular weight is 442 g/mol. The first-order valence-electron chi connectivity index (χ1n) is 11.6. The molecule has 1 aliphatic carbocycles. The van der Waals surface area contributed by atoms with Crippen LogP contribution in [0, 0.1) is 0 Å². The third-order valence-corrected chi connectivity index (χ3v) is 6.16. The molecule has 0 amide bonds. The molecule has 0 bridgehead atoms. The maximum atomic E-state index is 11.5. The minimum absolute atomic E-state index is 0.0389. The van der Waals surface area contributed by atoms with Gasteiger partial charge in [-0.15, -0.1) is 0 Å². The summed E-state index contributed by atoms with van der Waals surface area (Å²) in [5.41, 5.74) is 5.15. The first-order valence-corrected chi connectivity index (χ1v) is 11.6. The van der Waals surface area contributed by atoms with E-state index in [4.69, 9.17) is 4.74 Å². The van der Waals surface area contributed by atoms with Gasteiger partial charge in [0.15, 0.2) is 0 Å². The first-order chi connectivity index (χ1) is 15.5. The number of hydrogen-bond acceptors (Lipinski definition) is 6. The van der Waals surface area contributed by atoms with Crippen molar-refractivity contribution in [3.05, 3.63) is 64.2 Å². The fraction of sp³-hybridized carbons (Fsp3) is 0.500. The second-order valence-corrected chi connectivity index (χ2v) is 8.53. The fourth-order valence-corrected chi connectivity index (χ4v) is 4.31. The normalized spacial score (nSPS) is 16.4. The van der Waals surface area contributed by atoms with Crippen molar-refractivity contribution in [1.82, 2.24) is 5.32 Å². The number of esters is 1. The standard InChI is InChI=1S/C26H35NO5/c1-2-32-26(31)6-4-3-5-18-7-8-19-9-11-23(15-21(19)13-18)27-16-25(30)20-10-12-24(29)22(14-20)17-28/h7-8,10,12-14,23,25,27-30H,2-6,9,11,15-17H2,1H3/t23-,25?/m0/s1. The summed E-state index contributed by atoms with van der Waals surface area (Å²) in [6, 6.07) is 11.9. The van der Waals surface area contributed by atoms with Crippen LogP contribution in [-0.2, 0) is 35.4 Å². The SMILES string of the molecule is CCOC(=O)CCCCc1ccc2c(c1)C[C@@H](NCC(O)c1ccc(O)c(CO)c1)CC2. The molecule has 1 unspecified atom stereocenters. The lowest BCUT2D eigenvalue weighted by atomic mass is 9.86. The molecule has 0 radical (unpaired) electrons. The van der Waals surface area contributed by atoms with Crippen LogP contribution in [0.15, 0.2) is 36.4 Å². The number of aliphatic hydroxyl groups is 2. The number of aryl methyl sites for hydroxylation is 2. The number of rotatable bonds is 11. The Hall–Kier alpha value is -2.41. The number of ether oxygens (including phenoxy) is 1. The molecule has 174 valence electrons. The van der Waals surface area contributed by atoms with Gasteiger partial charge in [0.25, 0.3) is 0 Å². The molecule has 1 aliphatic rings. The van der Waals surface area contributed by atoms with Crippen LogP contribution in [0.1, 0.15) is 66.5 Å². The van der Waals surface area contributed by atoms with Crippen LogP contribution >= 0.6 is 0 Å². The van der Waals surface area contributed by atoms with Crippen molar-refractivity contribution in [3.63, 3.8) is 0 Å². The highest BCUT2D eigenvalue weighted by molar-refractivity contribution is 5.69. The highest BCUT2D eigenvalue weighted by atomic mass is 16.5. The zero-order valence-electron chi connectivity index (χ0n) is 18.8. The zero-order chi connectivity index (χ0) is 22.9. The lowest BCUT2D eigenvalue weighted by Gasteiger charge is -2.27. The predicted octanol–water partition coefficient (Wildman–Crippen LogP) is 3.34. The molecule has 0 aliphatic heterocycles. The second kappa shape index (κ2) is 12.0. The molecular weight excluding hydrogens is 406 g/mol. The van der Waals surface area contributed by atoms with Gasteiger partial charge in [-0.2, -0.15) is 0 Å². The lowest BCUT2D eigenvalue weighted by molar-refractivity contribution is -0.143. The van der Waals surface area contributed by atoms with Gasteiger partial charge in [0.1, 0.15) is 5.75 Å². The van der Waals surface area contributed by atoms with Crippen molar-refractivity contribution in [2.24, 2.45) is 0 Å². The number of aromatic hydroxyl groups is 1. The number of hydrogen-bond donors (Lipinski definition) is 4. The number of carbonyl (C=O) groups is 1. The van der Waals surface area contributed by atoms with E-state index in [1.165, 1.54) is 22.8 Å². The number of nitrogens with one attached hydrogen (secondary N) is 1. The number of phenols is 1. The molecule has 0 spiro atoms. The molecule has 2 atom stereocenters. The highest BCUT2D eigenvalue weighted by Gasteiger charge is 2.20. The molecule has 6 nitrogen and oxygen atoms in total. The number of benzene rings is 2. The van der Waals surface area contributed by atoms with Crippen LogP contribution in [0.4, 0.5) is 0 Å². The first kappa shape index (κ1) is 24.2. The minimum atomic E-state index is -0.701. The summed E-state index contributed by atoms with van der Waals surface area (Å²) in [7, 11) is 0. The predicted molar refractivity (Wildman–Crippen MR) is 123 cm³/mol. The number of fused-ring (bicyclic) bond motifs is 1. The summed E-state index contributed by atoms with van der Waals surface area (Å²) < 4.78 is 4.98. The molecule has 2 aromatic rings. The van der Waals surface area contributed by atoms with E-state index in [9.17, 15) is 20.1 Å². The van der Waals surface area contributed by atoms with Crippen LogP contribution in [0.25, 0.3) is 0 Å². The monoisotopic (exact) mass is 441 g/mol. The Morgan fingerprint density at radius 1 is 1.19 bits per heavy atom. The van der Waals surface area contributed by atoms with Gasteiger partial charge < -0.3 is 25.4 Å². The minimum Gasteiger partial charge on any atom is -0.508 e. The molecule has 0 aromatic heterocycles. The van der Waals surface area contributed by atoms with Gasteiger partial charge in [0.05, 0.1) is 19.3 Å². The number of aliphatic hydroxyl groups excluding tert-OH is 2. The molecule has 0 saturated heterocycles. The van der Waals surface area contributed by atoms with Gasteiger partial charge in [-0.1, -0.05) is 24.3 Å². The lowest BCUT2D eigenvalue weighted by Crippen LogP contribution is -2.37. The summed E-state index contributed by atoms with van der Waals surface area (Å²) >= 11 is 0. The molecule has 2 aromatic carbocycles. The van der Waals surface area contributed by atoms with Gasteiger partial charge in [0.2, 0.25) is 0 Å². The molecule has 3 rings (SSSR count). The quantitative estimate of drug-likeness (QED) is 0.315. The van der Waals surface area contributed by atoms with Crippen molar-refractivity contribution in [3.8, 4) is 5.75 Å². The van der Waals surface area contributed by atoms with Crippen LogP contribution in [0.3, 0.4) is 0 Å². The van der Waals surface area contributed by atoms with Gasteiger partial charge in [0, 0.05) is 24.6 Å². The summed E-state index contributed by atoms with van der Waals surface area (Å²) in [5.74, 6) is -0.0778. The number of carbonyl (C=O) groups excluding carboxylic acids is 1. The molecule has 32 heavy (non-hydrogen) atoms. The smallest absolute Gasteiger partial charge is 0.305 e. The van der Waals surface area contributed by atoms with Crippen LogP contribution < -0.4 is 5.32 Å². The van der Waals surface area contributed by atoms with E-state index in [0.717, 1.165) is 38.5 Å². The number of unbranched alkanes of at least 4 members (excludes halogenated alkanes) is 1. The van der Waals surface area contributed by atoms with E-state index >= 15 is 0 Å². The van der Waals surface area contributed by atoms with Crippen LogP contribution in [0.5, 0.6) is 5.75 Å². The van der Waals surface area contributed by atoms with Crippen molar-refractivity contribution in [1.29, 1.82) is 0 Å². The van der Waals surface area contributed by atoms with Crippen molar-refractivity contribution < 1.29 is 24.9 Å². The Morgan fingerprint density at radius 2 is 2.03 bits per heavy atom. The van der Waals surface area contributed by atoms with E-state index in [-0.39, 0.29) is 18.3 Å². The van der Waals surface area contributed by atoms with Crippen molar-refractivity contribution in [2.45, 2.75) is 70.6 Å². The molecule has 0 fully saturated rings. The second-order valence-electron chi connectivity index (χ2n) is 8.53. The third-order valence-electron chi connectivity index (χ3n) is 6.16. The summed E-state index contributed by atoms with van der Waals surface area (Å²) in [4.78, 5) is 11.5. The maximum absolute atomic E-state index is 11.5. The summed E-state index contributed by atoms with van der Waals surface area (Å²) in [5, 5.41) is 33.0. The largest absolute Gasteiger partial charge is 0.508 e. The van der Waals surface area contributed by atoms with E-state index < -0.39 is 6.10 Å². The fourth-order valence-electron chi connectivity index (χ4n) is 4.31. The van der Waals surface area contributed by atoms with Crippen LogP contribution in [-0.4, -0.2) is 40.5 Å². The molecule has 6 heteroatoms. The van der Waals surface area contributed by atoms with Gasteiger partial charge in [-0.3, -0.25) is 4.79 Å². The molecule has 0 saturated carbocycles.